The van der Waals surface area contributed by atoms with Crippen LogP contribution in [0.15, 0.2) is 129 Å². The molecule has 0 fully saturated rings. The quantitative estimate of drug-likeness (QED) is 0.223. The fourth-order valence-corrected chi connectivity index (χ4v) is 5.14. The van der Waals surface area contributed by atoms with Crippen molar-refractivity contribution in [2.75, 3.05) is 0 Å². The van der Waals surface area contributed by atoms with Gasteiger partial charge in [-0.3, -0.25) is 0 Å². The minimum absolute atomic E-state index is 0.0881. The molecule has 0 saturated heterocycles. The summed E-state index contributed by atoms with van der Waals surface area (Å²) >= 11 is 7.08. The number of rotatable bonds is 4. The summed E-state index contributed by atoms with van der Waals surface area (Å²) in [6, 6.07) is 40.8. The van der Waals surface area contributed by atoms with Gasteiger partial charge in [-0.1, -0.05) is 117 Å². The lowest BCUT2D eigenvalue weighted by atomic mass is 9.88. The minimum atomic E-state index is 0.0881. The van der Waals surface area contributed by atoms with Crippen molar-refractivity contribution >= 4 is 54.2 Å². The molecule has 0 spiro atoms. The number of hydrogen-bond acceptors (Lipinski definition) is 2. The Morgan fingerprint density at radius 1 is 0.444 bits per heavy atom. The molecule has 0 aromatic heterocycles. The standard InChI is InChI=1S/C32H18Br2N2/c33-26-15-11-23(12-16-26)30-28(21-7-3-1-4-8-21)29(22-9-5-2-6-10-22)31(32(30)25(19-35)20-36)24-13-17-27(34)18-14-24/h1-18H. The molecular formula is C32H18Br2N2. The Bertz CT molecular complexity index is 1490. The van der Waals surface area contributed by atoms with Gasteiger partial charge in [-0.25, -0.2) is 0 Å². The molecular weight excluding hydrogens is 572 g/mol. The average molecular weight is 590 g/mol. The fraction of sp³-hybridized carbons (Fsp3) is 0. The van der Waals surface area contributed by atoms with Crippen molar-refractivity contribution < 1.29 is 0 Å². The van der Waals surface area contributed by atoms with Crippen LogP contribution in [0.5, 0.6) is 0 Å². The first-order valence-electron chi connectivity index (χ1n) is 11.3. The third-order valence-corrected chi connectivity index (χ3v) is 7.17. The van der Waals surface area contributed by atoms with Crippen LogP contribution >= 0.6 is 31.9 Å². The molecule has 0 unspecified atom stereocenters. The van der Waals surface area contributed by atoms with E-state index in [1.54, 1.807) is 0 Å². The molecule has 170 valence electrons. The zero-order valence-electron chi connectivity index (χ0n) is 19.0. The Balaban J connectivity index is 2.00. The normalized spacial score (nSPS) is 12.9. The van der Waals surface area contributed by atoms with Crippen LogP contribution < -0.4 is 0 Å². The molecule has 0 atom stereocenters. The summed E-state index contributed by atoms with van der Waals surface area (Å²) in [7, 11) is 0. The van der Waals surface area contributed by atoms with Crippen molar-refractivity contribution in [3.8, 4) is 12.1 Å². The van der Waals surface area contributed by atoms with Gasteiger partial charge in [-0.15, -0.1) is 0 Å². The van der Waals surface area contributed by atoms with E-state index in [-0.39, 0.29) is 5.57 Å². The van der Waals surface area contributed by atoms with Crippen molar-refractivity contribution in [2.45, 2.75) is 0 Å². The van der Waals surface area contributed by atoms with E-state index in [2.05, 4.69) is 68.3 Å². The van der Waals surface area contributed by atoms with E-state index in [1.807, 2.05) is 84.9 Å². The molecule has 5 rings (SSSR count). The van der Waals surface area contributed by atoms with Gasteiger partial charge >= 0.3 is 0 Å². The zero-order valence-corrected chi connectivity index (χ0v) is 22.2. The third kappa shape index (κ3) is 4.38. The molecule has 4 aromatic carbocycles. The second-order valence-corrected chi connectivity index (χ2v) is 10.1. The van der Waals surface area contributed by atoms with Gasteiger partial charge in [0.1, 0.15) is 17.7 Å². The minimum Gasteiger partial charge on any atom is -0.192 e. The lowest BCUT2D eigenvalue weighted by Crippen LogP contribution is -1.96. The van der Waals surface area contributed by atoms with E-state index in [4.69, 9.17) is 0 Å². The number of nitriles is 2. The van der Waals surface area contributed by atoms with Crippen LogP contribution in [0, 0.1) is 22.7 Å². The fourth-order valence-electron chi connectivity index (χ4n) is 4.61. The Hall–Kier alpha value is -3.96. The highest BCUT2D eigenvalue weighted by molar-refractivity contribution is 9.10. The molecule has 0 N–H and O–H groups in total. The predicted molar refractivity (Wildman–Crippen MR) is 153 cm³/mol. The number of benzene rings is 4. The topological polar surface area (TPSA) is 47.6 Å². The maximum atomic E-state index is 10.1. The number of nitrogens with zero attached hydrogens (tertiary/aromatic N) is 2. The molecule has 1 aliphatic rings. The van der Waals surface area contributed by atoms with E-state index in [0.717, 1.165) is 53.5 Å². The van der Waals surface area contributed by atoms with E-state index >= 15 is 0 Å². The van der Waals surface area contributed by atoms with Gasteiger partial charge in [0.05, 0.1) is 0 Å². The second kappa shape index (κ2) is 10.3. The second-order valence-electron chi connectivity index (χ2n) is 8.22. The molecule has 0 saturated carbocycles. The van der Waals surface area contributed by atoms with Gasteiger partial charge < -0.3 is 0 Å². The molecule has 0 heterocycles. The summed E-state index contributed by atoms with van der Waals surface area (Å²) in [6.45, 7) is 0. The van der Waals surface area contributed by atoms with Crippen molar-refractivity contribution in [1.29, 1.82) is 10.5 Å². The van der Waals surface area contributed by atoms with E-state index < -0.39 is 0 Å². The third-order valence-electron chi connectivity index (χ3n) is 6.11. The summed E-state index contributed by atoms with van der Waals surface area (Å²) in [4.78, 5) is 0. The summed E-state index contributed by atoms with van der Waals surface area (Å²) in [5.74, 6) is 0. The summed E-state index contributed by atoms with van der Waals surface area (Å²) < 4.78 is 1.92. The van der Waals surface area contributed by atoms with Gasteiger partial charge in [0.15, 0.2) is 0 Å². The zero-order chi connectivity index (χ0) is 25.1. The average Bonchev–Trinajstić information content (AvgIpc) is 3.27. The molecule has 2 nitrogen and oxygen atoms in total. The monoisotopic (exact) mass is 588 g/mol. The van der Waals surface area contributed by atoms with Crippen LogP contribution in [0.1, 0.15) is 22.3 Å². The molecule has 0 bridgehead atoms. The molecule has 4 aromatic rings. The van der Waals surface area contributed by atoms with Crippen LogP contribution in [0.2, 0.25) is 0 Å². The van der Waals surface area contributed by atoms with Gasteiger partial charge in [0.2, 0.25) is 0 Å². The first-order chi connectivity index (χ1) is 17.6. The Morgan fingerprint density at radius 2 is 0.778 bits per heavy atom. The Kier molecular flexibility index (Phi) is 6.83. The van der Waals surface area contributed by atoms with Crippen molar-refractivity contribution in [3.63, 3.8) is 0 Å². The van der Waals surface area contributed by atoms with Crippen LogP contribution in [-0.2, 0) is 0 Å². The lowest BCUT2D eigenvalue weighted by molar-refractivity contribution is 1.44. The summed E-state index contributed by atoms with van der Waals surface area (Å²) in [6.07, 6.45) is 0. The van der Waals surface area contributed by atoms with Crippen molar-refractivity contribution in [2.24, 2.45) is 0 Å². The van der Waals surface area contributed by atoms with E-state index in [0.29, 0.717) is 5.57 Å². The molecule has 4 heteroatoms. The van der Waals surface area contributed by atoms with Gasteiger partial charge in [0, 0.05) is 25.7 Å². The molecule has 1 aliphatic carbocycles. The highest BCUT2D eigenvalue weighted by atomic mass is 79.9. The molecule has 0 aliphatic heterocycles. The van der Waals surface area contributed by atoms with Crippen LogP contribution in [-0.4, -0.2) is 0 Å². The first kappa shape index (κ1) is 23.8. The van der Waals surface area contributed by atoms with Crippen LogP contribution in [0.3, 0.4) is 0 Å². The van der Waals surface area contributed by atoms with E-state index in [1.165, 1.54) is 0 Å². The predicted octanol–water partition coefficient (Wildman–Crippen LogP) is 9.09. The maximum Gasteiger partial charge on any atom is 0.138 e. The highest BCUT2D eigenvalue weighted by Gasteiger charge is 2.34. The molecule has 0 radical (unpaired) electrons. The smallest absolute Gasteiger partial charge is 0.138 e. The van der Waals surface area contributed by atoms with Gasteiger partial charge in [0.25, 0.3) is 0 Å². The van der Waals surface area contributed by atoms with Crippen molar-refractivity contribution in [3.05, 3.63) is 152 Å². The number of halogens is 2. The Labute approximate surface area is 227 Å². The van der Waals surface area contributed by atoms with Crippen LogP contribution in [0.25, 0.3) is 22.3 Å². The van der Waals surface area contributed by atoms with Gasteiger partial charge in [-0.05, 0) is 57.7 Å². The van der Waals surface area contributed by atoms with Crippen LogP contribution in [0.4, 0.5) is 0 Å². The summed E-state index contributed by atoms with van der Waals surface area (Å²) in [5.41, 5.74) is 8.43. The number of hydrogen-bond donors (Lipinski definition) is 0. The first-order valence-corrected chi connectivity index (χ1v) is 12.9. The summed E-state index contributed by atoms with van der Waals surface area (Å²) in [5, 5.41) is 20.3. The maximum absolute atomic E-state index is 10.1. The van der Waals surface area contributed by atoms with Gasteiger partial charge in [-0.2, -0.15) is 10.5 Å². The van der Waals surface area contributed by atoms with E-state index in [9.17, 15) is 10.5 Å². The number of allylic oxidation sites excluding steroid dienone is 6. The van der Waals surface area contributed by atoms with Crippen molar-refractivity contribution in [1.82, 2.24) is 0 Å². The largest absolute Gasteiger partial charge is 0.192 e. The Morgan fingerprint density at radius 3 is 1.11 bits per heavy atom. The lowest BCUT2D eigenvalue weighted by Gasteiger charge is -2.14. The molecule has 36 heavy (non-hydrogen) atoms. The highest BCUT2D eigenvalue weighted by Crippen LogP contribution is 2.55. The molecule has 0 amide bonds. The SMILES string of the molecule is N#CC(C#N)=C1C(c2ccc(Br)cc2)=C(c2ccccc2)C(c2ccccc2)=C1c1ccc(Br)cc1.